The molecule has 2 nitrogen and oxygen atoms in total. The number of aliphatic hydroxyl groups is 1. The summed E-state index contributed by atoms with van der Waals surface area (Å²) >= 11 is 1.63. The standard InChI is InChI=1S/C14H15F2NOS/c1-9(14-3-2-6-19-14)17-8-13(18)10-4-5-11(15)12(16)7-10/h2-7,9,13,17-18H,8H2,1H3. The molecule has 0 saturated heterocycles. The lowest BCUT2D eigenvalue weighted by Gasteiger charge is -2.16. The highest BCUT2D eigenvalue weighted by Crippen LogP contribution is 2.20. The van der Waals surface area contributed by atoms with Crippen LogP contribution in [0.5, 0.6) is 0 Å². The molecule has 0 amide bonds. The Kier molecular flexibility index (Phi) is 4.63. The van der Waals surface area contributed by atoms with Crippen LogP contribution in [0.25, 0.3) is 0 Å². The van der Waals surface area contributed by atoms with E-state index >= 15 is 0 Å². The number of benzene rings is 1. The molecule has 2 atom stereocenters. The van der Waals surface area contributed by atoms with Gasteiger partial charge in [-0.3, -0.25) is 0 Å². The lowest BCUT2D eigenvalue weighted by Crippen LogP contribution is -2.24. The first-order valence-corrected chi connectivity index (χ1v) is 6.85. The maximum absolute atomic E-state index is 13.1. The molecular weight excluding hydrogens is 268 g/mol. The van der Waals surface area contributed by atoms with Gasteiger partial charge in [0.2, 0.25) is 0 Å². The van der Waals surface area contributed by atoms with E-state index in [0.29, 0.717) is 5.56 Å². The maximum Gasteiger partial charge on any atom is 0.159 e. The van der Waals surface area contributed by atoms with Gasteiger partial charge in [0.15, 0.2) is 11.6 Å². The number of halogens is 2. The average molecular weight is 283 g/mol. The fourth-order valence-corrected chi connectivity index (χ4v) is 2.52. The van der Waals surface area contributed by atoms with Crippen LogP contribution in [0.1, 0.15) is 29.5 Å². The van der Waals surface area contributed by atoms with Crippen molar-refractivity contribution in [1.29, 1.82) is 0 Å². The lowest BCUT2D eigenvalue weighted by molar-refractivity contribution is 0.170. The van der Waals surface area contributed by atoms with E-state index in [4.69, 9.17) is 0 Å². The van der Waals surface area contributed by atoms with Gasteiger partial charge in [0.1, 0.15) is 0 Å². The molecule has 0 aliphatic rings. The van der Waals surface area contributed by atoms with Gasteiger partial charge in [0.05, 0.1) is 6.10 Å². The van der Waals surface area contributed by atoms with Crippen LogP contribution in [-0.2, 0) is 0 Å². The summed E-state index contributed by atoms with van der Waals surface area (Å²) in [6.45, 7) is 2.27. The Balaban J connectivity index is 1.93. The molecule has 0 bridgehead atoms. The predicted octanol–water partition coefficient (Wildman–Crippen LogP) is 3.41. The van der Waals surface area contributed by atoms with E-state index < -0.39 is 17.7 Å². The van der Waals surface area contributed by atoms with Crippen LogP contribution in [0.3, 0.4) is 0 Å². The summed E-state index contributed by atoms with van der Waals surface area (Å²) in [7, 11) is 0. The zero-order chi connectivity index (χ0) is 13.8. The third-order valence-electron chi connectivity index (χ3n) is 2.92. The fourth-order valence-electron chi connectivity index (χ4n) is 1.76. The van der Waals surface area contributed by atoms with E-state index in [1.807, 2.05) is 24.4 Å². The van der Waals surface area contributed by atoms with Gasteiger partial charge in [0, 0.05) is 17.5 Å². The van der Waals surface area contributed by atoms with E-state index in [1.54, 1.807) is 11.3 Å². The summed E-state index contributed by atoms with van der Waals surface area (Å²) in [5.74, 6) is -1.85. The molecule has 2 unspecified atom stereocenters. The Morgan fingerprint density at radius 1 is 1.26 bits per heavy atom. The molecule has 2 aromatic rings. The van der Waals surface area contributed by atoms with E-state index in [2.05, 4.69) is 5.32 Å². The number of thiophene rings is 1. The predicted molar refractivity (Wildman–Crippen MR) is 72.1 cm³/mol. The van der Waals surface area contributed by atoms with Crippen LogP contribution in [0.2, 0.25) is 0 Å². The molecule has 2 N–H and O–H groups in total. The van der Waals surface area contributed by atoms with Crippen molar-refractivity contribution < 1.29 is 13.9 Å². The summed E-state index contributed by atoms with van der Waals surface area (Å²) in [6, 6.07) is 7.52. The Morgan fingerprint density at radius 2 is 2.05 bits per heavy atom. The van der Waals surface area contributed by atoms with Gasteiger partial charge in [-0.25, -0.2) is 8.78 Å². The van der Waals surface area contributed by atoms with Gasteiger partial charge in [0.25, 0.3) is 0 Å². The SMILES string of the molecule is CC(NCC(O)c1ccc(F)c(F)c1)c1cccs1. The topological polar surface area (TPSA) is 32.3 Å². The molecule has 5 heteroatoms. The highest BCUT2D eigenvalue weighted by Gasteiger charge is 2.13. The van der Waals surface area contributed by atoms with E-state index in [9.17, 15) is 13.9 Å². The molecule has 19 heavy (non-hydrogen) atoms. The summed E-state index contributed by atoms with van der Waals surface area (Å²) in [5.41, 5.74) is 0.366. The summed E-state index contributed by atoms with van der Waals surface area (Å²) in [4.78, 5) is 1.16. The third kappa shape index (κ3) is 3.59. The molecule has 0 radical (unpaired) electrons. The van der Waals surface area contributed by atoms with Crippen molar-refractivity contribution in [1.82, 2.24) is 5.32 Å². The normalized spacial score (nSPS) is 14.3. The van der Waals surface area contributed by atoms with Crippen molar-refractivity contribution >= 4 is 11.3 Å². The first kappa shape index (κ1) is 14.1. The van der Waals surface area contributed by atoms with Crippen LogP contribution in [0, 0.1) is 11.6 Å². The maximum atomic E-state index is 13.1. The first-order chi connectivity index (χ1) is 9.08. The number of rotatable bonds is 5. The molecule has 1 heterocycles. The summed E-state index contributed by atoms with van der Waals surface area (Å²) in [6.07, 6.45) is -0.863. The largest absolute Gasteiger partial charge is 0.387 e. The second kappa shape index (κ2) is 6.23. The minimum atomic E-state index is -0.942. The van der Waals surface area contributed by atoms with Crippen LogP contribution in [0.15, 0.2) is 35.7 Å². The molecule has 2 rings (SSSR count). The molecule has 0 fully saturated rings. The number of hydrogen-bond donors (Lipinski definition) is 2. The number of aliphatic hydroxyl groups excluding tert-OH is 1. The molecule has 0 aliphatic heterocycles. The van der Waals surface area contributed by atoms with Gasteiger partial charge in [-0.2, -0.15) is 0 Å². The second-order valence-electron chi connectivity index (χ2n) is 4.33. The van der Waals surface area contributed by atoms with Gasteiger partial charge < -0.3 is 10.4 Å². The highest BCUT2D eigenvalue weighted by molar-refractivity contribution is 7.10. The Labute approximate surface area is 114 Å². The van der Waals surface area contributed by atoms with Crippen LogP contribution < -0.4 is 5.32 Å². The quantitative estimate of drug-likeness (QED) is 0.881. The molecule has 1 aromatic carbocycles. The molecule has 1 aromatic heterocycles. The van der Waals surface area contributed by atoms with Crippen molar-refractivity contribution in [2.75, 3.05) is 6.54 Å². The Bertz CT molecular complexity index is 530. The van der Waals surface area contributed by atoms with Gasteiger partial charge >= 0.3 is 0 Å². The van der Waals surface area contributed by atoms with E-state index in [1.165, 1.54) is 6.07 Å². The number of nitrogens with one attached hydrogen (secondary N) is 1. The van der Waals surface area contributed by atoms with Crippen molar-refractivity contribution in [3.63, 3.8) is 0 Å². The zero-order valence-corrected chi connectivity index (χ0v) is 11.3. The first-order valence-electron chi connectivity index (χ1n) is 5.97. The fraction of sp³-hybridized carbons (Fsp3) is 0.286. The Hall–Kier alpha value is -1.30. The van der Waals surface area contributed by atoms with Gasteiger partial charge in [-0.15, -0.1) is 11.3 Å². The van der Waals surface area contributed by atoms with Gasteiger partial charge in [-0.1, -0.05) is 12.1 Å². The minimum absolute atomic E-state index is 0.111. The van der Waals surface area contributed by atoms with Crippen molar-refractivity contribution in [2.24, 2.45) is 0 Å². The zero-order valence-electron chi connectivity index (χ0n) is 10.4. The number of hydrogen-bond acceptors (Lipinski definition) is 3. The Morgan fingerprint density at radius 3 is 2.68 bits per heavy atom. The average Bonchev–Trinajstić information content (AvgIpc) is 2.92. The molecule has 0 spiro atoms. The van der Waals surface area contributed by atoms with Crippen LogP contribution in [0.4, 0.5) is 8.78 Å². The molecular formula is C14H15F2NOS. The van der Waals surface area contributed by atoms with Crippen molar-refractivity contribution in [3.05, 3.63) is 57.8 Å². The highest BCUT2D eigenvalue weighted by atomic mass is 32.1. The van der Waals surface area contributed by atoms with E-state index in [0.717, 1.165) is 17.0 Å². The third-order valence-corrected chi connectivity index (χ3v) is 3.97. The second-order valence-corrected chi connectivity index (χ2v) is 5.31. The molecule has 0 aliphatic carbocycles. The molecule has 102 valence electrons. The summed E-state index contributed by atoms with van der Waals surface area (Å²) in [5, 5.41) is 15.1. The van der Waals surface area contributed by atoms with Crippen molar-refractivity contribution in [3.8, 4) is 0 Å². The monoisotopic (exact) mass is 283 g/mol. The molecule has 0 saturated carbocycles. The van der Waals surface area contributed by atoms with Crippen LogP contribution >= 0.6 is 11.3 Å². The summed E-state index contributed by atoms with van der Waals surface area (Å²) < 4.78 is 25.8. The van der Waals surface area contributed by atoms with Gasteiger partial charge in [-0.05, 0) is 36.1 Å². The minimum Gasteiger partial charge on any atom is -0.387 e. The smallest absolute Gasteiger partial charge is 0.159 e. The van der Waals surface area contributed by atoms with E-state index in [-0.39, 0.29) is 12.6 Å². The lowest BCUT2D eigenvalue weighted by atomic mass is 10.1. The van der Waals surface area contributed by atoms with Crippen LogP contribution in [-0.4, -0.2) is 11.7 Å². The van der Waals surface area contributed by atoms with Crippen molar-refractivity contribution in [2.45, 2.75) is 19.1 Å².